The molecule has 0 aromatic carbocycles. The molecule has 0 saturated heterocycles. The lowest BCUT2D eigenvalue weighted by Gasteiger charge is -2.00. The van der Waals surface area contributed by atoms with Crippen molar-refractivity contribution in [2.45, 2.75) is 0 Å². The fraction of sp³-hybridized carbons (Fsp3) is 0.167. The van der Waals surface area contributed by atoms with E-state index >= 15 is 0 Å². The van der Waals surface area contributed by atoms with Gasteiger partial charge in [-0.25, -0.2) is 0 Å². The predicted molar refractivity (Wildman–Crippen MR) is 55.0 cm³/mol. The number of hydrogen-bond acceptors (Lipinski definition) is 3. The Morgan fingerprint density at radius 1 is 1.33 bits per heavy atom. The molecular weight excluding hydrogens is 201 g/mol. The zero-order chi connectivity index (χ0) is 7.72. The van der Waals surface area contributed by atoms with Gasteiger partial charge in [-0.1, -0.05) is 0 Å². The van der Waals surface area contributed by atoms with Crippen molar-refractivity contribution in [2.24, 2.45) is 7.05 Å². The summed E-state index contributed by atoms with van der Waals surface area (Å²) in [7, 11) is 1.62. The number of hydrogen-bond donors (Lipinski definition) is 2. The largest absolute Gasteiger partial charge is 0.397 e. The number of anilines is 2. The second-order valence-electron chi connectivity index (χ2n) is 2.10. The van der Waals surface area contributed by atoms with Crippen LogP contribution in [0.3, 0.4) is 0 Å². The lowest BCUT2D eigenvalue weighted by molar-refractivity contribution is 0.865. The maximum atomic E-state index is 10.9. The molecule has 0 aliphatic carbocycles. The zero-order valence-electron chi connectivity index (χ0n) is 6.48. The molecule has 0 amide bonds. The number of nitrogen functional groups attached to an aromatic ring is 2. The van der Waals surface area contributed by atoms with Gasteiger partial charge in [0.1, 0.15) is 5.69 Å². The van der Waals surface area contributed by atoms with Crippen LogP contribution in [-0.2, 0) is 7.05 Å². The van der Waals surface area contributed by atoms with Gasteiger partial charge in [0.15, 0.2) is 0 Å². The molecule has 4 nitrogen and oxygen atoms in total. The van der Waals surface area contributed by atoms with Crippen LogP contribution in [0.4, 0.5) is 11.4 Å². The molecule has 0 unspecified atom stereocenters. The van der Waals surface area contributed by atoms with Crippen LogP contribution in [0.25, 0.3) is 0 Å². The summed E-state index contributed by atoms with van der Waals surface area (Å²) in [6.45, 7) is 0. The van der Waals surface area contributed by atoms with E-state index in [1.807, 2.05) is 0 Å². The molecule has 12 heavy (non-hydrogen) atoms. The average Bonchev–Trinajstić information content (AvgIpc) is 1.93. The first-order chi connectivity index (χ1) is 4.63. The Balaban J connectivity index is 0. The fourth-order valence-corrected chi connectivity index (χ4v) is 0.663. The topological polar surface area (TPSA) is 74.0 Å². The first-order valence-corrected chi connectivity index (χ1v) is 2.83. The van der Waals surface area contributed by atoms with Crippen LogP contribution in [0.1, 0.15) is 0 Å². The van der Waals surface area contributed by atoms with E-state index in [4.69, 9.17) is 11.5 Å². The molecule has 6 heteroatoms. The number of rotatable bonds is 0. The van der Waals surface area contributed by atoms with Crippen molar-refractivity contribution in [3.63, 3.8) is 0 Å². The Kier molecular flexibility index (Phi) is 5.59. The van der Waals surface area contributed by atoms with E-state index in [1.165, 1.54) is 4.57 Å². The molecule has 0 aliphatic heterocycles. The van der Waals surface area contributed by atoms with Crippen LogP contribution in [0, 0.1) is 0 Å². The summed E-state index contributed by atoms with van der Waals surface area (Å²) < 4.78 is 1.38. The van der Waals surface area contributed by atoms with Gasteiger partial charge in [0.05, 0.1) is 5.69 Å². The van der Waals surface area contributed by atoms with Crippen LogP contribution >= 0.6 is 24.8 Å². The third-order valence-electron chi connectivity index (χ3n) is 1.34. The number of aryl methyl sites for hydroxylation is 1. The summed E-state index contributed by atoms with van der Waals surface area (Å²) in [5.74, 6) is 0. The molecule has 1 heterocycles. The van der Waals surface area contributed by atoms with E-state index in [2.05, 4.69) is 0 Å². The summed E-state index contributed by atoms with van der Waals surface area (Å²) in [5.41, 5.74) is 10.9. The highest BCUT2D eigenvalue weighted by Gasteiger charge is 1.98. The van der Waals surface area contributed by atoms with Crippen molar-refractivity contribution in [2.75, 3.05) is 11.5 Å². The minimum atomic E-state index is -0.250. The normalized spacial score (nSPS) is 8.08. The molecular formula is C6H11Cl2N3O. The lowest BCUT2D eigenvalue weighted by atomic mass is 10.3. The van der Waals surface area contributed by atoms with E-state index in [0.717, 1.165) is 0 Å². The van der Waals surface area contributed by atoms with Gasteiger partial charge in [-0.05, 0) is 6.07 Å². The predicted octanol–water partition coefficient (Wildman–Crippen LogP) is 0.393. The second-order valence-corrected chi connectivity index (χ2v) is 2.10. The summed E-state index contributed by atoms with van der Waals surface area (Å²) in [6, 6.07) is 1.59. The third kappa shape index (κ3) is 2.32. The number of nitrogens with two attached hydrogens (primary N) is 2. The Bertz CT molecular complexity index is 310. The van der Waals surface area contributed by atoms with Crippen LogP contribution in [0.15, 0.2) is 17.1 Å². The van der Waals surface area contributed by atoms with E-state index in [9.17, 15) is 4.79 Å². The molecule has 1 aromatic heterocycles. The van der Waals surface area contributed by atoms with Gasteiger partial charge in [0.25, 0.3) is 5.56 Å². The fourth-order valence-electron chi connectivity index (χ4n) is 0.663. The molecule has 0 fully saturated rings. The molecule has 0 saturated carbocycles. The SMILES string of the molecule is Cl.Cl.Cn1ccc(N)c(N)c1=O. The van der Waals surface area contributed by atoms with Gasteiger partial charge in [-0.3, -0.25) is 4.79 Å². The lowest BCUT2D eigenvalue weighted by Crippen LogP contribution is -2.20. The maximum Gasteiger partial charge on any atom is 0.275 e. The highest BCUT2D eigenvalue weighted by Crippen LogP contribution is 2.04. The molecule has 0 aliphatic rings. The van der Waals surface area contributed by atoms with Crippen molar-refractivity contribution in [1.82, 2.24) is 4.57 Å². The van der Waals surface area contributed by atoms with Crippen molar-refractivity contribution >= 4 is 36.2 Å². The molecule has 70 valence electrons. The minimum absolute atomic E-state index is 0. The molecule has 4 N–H and O–H groups in total. The molecule has 0 atom stereocenters. The smallest absolute Gasteiger partial charge is 0.275 e. The Labute approximate surface area is 82.4 Å². The Morgan fingerprint density at radius 2 is 1.83 bits per heavy atom. The van der Waals surface area contributed by atoms with Crippen LogP contribution < -0.4 is 17.0 Å². The molecule has 0 spiro atoms. The van der Waals surface area contributed by atoms with Crippen LogP contribution in [-0.4, -0.2) is 4.57 Å². The molecule has 1 aromatic rings. The van der Waals surface area contributed by atoms with Crippen LogP contribution in [0.2, 0.25) is 0 Å². The Hall–Kier alpha value is -0.870. The number of pyridine rings is 1. The van der Waals surface area contributed by atoms with Crippen molar-refractivity contribution in [3.8, 4) is 0 Å². The van der Waals surface area contributed by atoms with Crippen molar-refractivity contribution in [1.29, 1.82) is 0 Å². The average molecular weight is 212 g/mol. The molecule has 1 rings (SSSR count). The first kappa shape index (κ1) is 13.7. The number of halogens is 2. The van der Waals surface area contributed by atoms with Crippen molar-refractivity contribution in [3.05, 3.63) is 22.6 Å². The van der Waals surface area contributed by atoms with E-state index < -0.39 is 0 Å². The van der Waals surface area contributed by atoms with Crippen LogP contribution in [0.5, 0.6) is 0 Å². The van der Waals surface area contributed by atoms with E-state index in [1.54, 1.807) is 19.3 Å². The van der Waals surface area contributed by atoms with Crippen molar-refractivity contribution < 1.29 is 0 Å². The highest BCUT2D eigenvalue weighted by molar-refractivity contribution is 5.85. The summed E-state index contributed by atoms with van der Waals surface area (Å²) >= 11 is 0. The van der Waals surface area contributed by atoms with E-state index in [-0.39, 0.29) is 36.1 Å². The van der Waals surface area contributed by atoms with Gasteiger partial charge in [-0.15, -0.1) is 24.8 Å². The molecule has 0 radical (unpaired) electrons. The third-order valence-corrected chi connectivity index (χ3v) is 1.34. The second kappa shape index (κ2) is 4.90. The van der Waals surface area contributed by atoms with Gasteiger partial charge in [0, 0.05) is 13.2 Å². The zero-order valence-corrected chi connectivity index (χ0v) is 8.11. The maximum absolute atomic E-state index is 10.9. The highest BCUT2D eigenvalue weighted by atomic mass is 35.5. The summed E-state index contributed by atoms with van der Waals surface area (Å²) in [4.78, 5) is 10.9. The quantitative estimate of drug-likeness (QED) is 0.653. The monoisotopic (exact) mass is 211 g/mol. The van der Waals surface area contributed by atoms with Gasteiger partial charge >= 0.3 is 0 Å². The Morgan fingerprint density at radius 3 is 2.25 bits per heavy atom. The number of aromatic nitrogens is 1. The van der Waals surface area contributed by atoms with Gasteiger partial charge in [-0.2, -0.15) is 0 Å². The van der Waals surface area contributed by atoms with Gasteiger partial charge < -0.3 is 16.0 Å². The summed E-state index contributed by atoms with van der Waals surface area (Å²) in [5, 5.41) is 0. The number of nitrogens with zero attached hydrogens (tertiary/aromatic N) is 1. The minimum Gasteiger partial charge on any atom is -0.397 e. The van der Waals surface area contributed by atoms with Gasteiger partial charge in [0.2, 0.25) is 0 Å². The van der Waals surface area contributed by atoms with E-state index in [0.29, 0.717) is 5.69 Å². The molecule has 0 bridgehead atoms. The first-order valence-electron chi connectivity index (χ1n) is 2.83. The summed E-state index contributed by atoms with van der Waals surface area (Å²) in [6.07, 6.45) is 1.58. The standard InChI is InChI=1S/C6H9N3O.2ClH/c1-9-3-2-4(7)5(8)6(9)10;;/h2-3H,7-8H2,1H3;2*1H.